The molecule has 0 bridgehead atoms. The molecule has 0 aliphatic heterocycles. The summed E-state index contributed by atoms with van der Waals surface area (Å²) in [5, 5.41) is 7.09. The quantitative estimate of drug-likeness (QED) is 0.216. The van der Waals surface area contributed by atoms with Crippen LogP contribution < -0.4 is 0 Å². The molecule has 0 saturated carbocycles. The first-order valence-electron chi connectivity index (χ1n) is 10.9. The molecular weight excluding hydrogens is 388 g/mol. The zero-order chi connectivity index (χ0) is 21.1. The van der Waals surface area contributed by atoms with Gasteiger partial charge in [-0.2, -0.15) is 0 Å². The second-order valence-corrected chi connectivity index (χ2v) is 8.25. The van der Waals surface area contributed by atoms with Gasteiger partial charge in [-0.15, -0.1) is 0 Å². The first kappa shape index (κ1) is 17.4. The van der Waals surface area contributed by atoms with Gasteiger partial charge < -0.3 is 0 Å². The van der Waals surface area contributed by atoms with Crippen molar-refractivity contribution in [2.24, 2.45) is 0 Å². The van der Waals surface area contributed by atoms with E-state index in [1.54, 1.807) is 0 Å². The van der Waals surface area contributed by atoms with Crippen molar-refractivity contribution in [3.05, 3.63) is 109 Å². The van der Waals surface area contributed by atoms with Gasteiger partial charge in [0, 0.05) is 32.7 Å². The maximum atomic E-state index is 5.18. The Morgan fingerprint density at radius 1 is 0.406 bits per heavy atom. The average Bonchev–Trinajstić information content (AvgIpc) is 2.88. The van der Waals surface area contributed by atoms with Crippen LogP contribution in [0.3, 0.4) is 0 Å². The lowest BCUT2D eigenvalue weighted by atomic mass is 9.92. The number of aromatic nitrogens is 2. The van der Waals surface area contributed by atoms with Gasteiger partial charge in [-0.1, -0.05) is 97.1 Å². The lowest BCUT2D eigenvalue weighted by Gasteiger charge is -2.16. The second kappa shape index (κ2) is 6.60. The summed E-state index contributed by atoms with van der Waals surface area (Å²) in [6, 6.07) is 38.2. The predicted octanol–water partition coefficient (Wildman–Crippen LogP) is 7.86. The summed E-state index contributed by atoms with van der Waals surface area (Å²) in [7, 11) is 0. The van der Waals surface area contributed by atoms with Gasteiger partial charge in [0.25, 0.3) is 0 Å². The molecule has 5 aromatic carbocycles. The normalized spacial score (nSPS) is 11.8. The highest BCUT2D eigenvalue weighted by molar-refractivity contribution is 6.32. The van der Waals surface area contributed by atoms with E-state index in [1.807, 2.05) is 12.1 Å². The number of pyridine rings is 2. The Bertz CT molecular complexity index is 1620. The molecule has 0 amide bonds. The van der Waals surface area contributed by atoms with E-state index in [4.69, 9.17) is 9.97 Å². The van der Waals surface area contributed by atoms with Crippen LogP contribution in [0.1, 0.15) is 0 Å². The minimum atomic E-state index is 1.000. The highest BCUT2D eigenvalue weighted by Crippen LogP contribution is 2.41. The van der Waals surface area contributed by atoms with Gasteiger partial charge in [0.1, 0.15) is 0 Å². The van der Waals surface area contributed by atoms with E-state index in [9.17, 15) is 0 Å². The smallest absolute Gasteiger partial charge is 0.0801 e. The summed E-state index contributed by atoms with van der Waals surface area (Å²) >= 11 is 0. The fourth-order valence-corrected chi connectivity index (χ4v) is 4.90. The fourth-order valence-electron chi connectivity index (χ4n) is 4.90. The zero-order valence-corrected chi connectivity index (χ0v) is 17.3. The molecule has 0 aliphatic rings. The SMILES string of the molecule is c1ccc(-c2cc3ccc4cc(-c5ccccc5)nc5c6ccccc6c(n2)c3c45)cc1. The molecule has 0 fully saturated rings. The Hall–Kier alpha value is -4.30. The third-order valence-corrected chi connectivity index (χ3v) is 6.37. The fraction of sp³-hybridized carbons (Fsp3) is 0. The molecule has 0 aliphatic carbocycles. The van der Waals surface area contributed by atoms with E-state index in [1.165, 1.54) is 21.5 Å². The van der Waals surface area contributed by atoms with Gasteiger partial charge in [-0.05, 0) is 22.9 Å². The minimum absolute atomic E-state index is 1.000. The zero-order valence-electron chi connectivity index (χ0n) is 17.3. The van der Waals surface area contributed by atoms with E-state index in [2.05, 4.69) is 97.1 Å². The van der Waals surface area contributed by atoms with Crippen LogP contribution in [-0.2, 0) is 0 Å². The summed E-state index contributed by atoms with van der Waals surface area (Å²) in [4.78, 5) is 10.4. The van der Waals surface area contributed by atoms with Gasteiger partial charge in [0.05, 0.1) is 22.4 Å². The van der Waals surface area contributed by atoms with E-state index in [0.717, 1.165) is 44.3 Å². The summed E-state index contributed by atoms with van der Waals surface area (Å²) < 4.78 is 0. The standard InChI is InChI=1S/C30H18N2/c1-3-9-19(10-4-1)25-17-21-15-16-22-18-26(20-11-5-2-6-12-20)32-30-24-14-8-7-13-23(24)29(31-25)27(21)28(22)30/h1-18H. The topological polar surface area (TPSA) is 25.8 Å². The average molecular weight is 406 g/mol. The van der Waals surface area contributed by atoms with Crippen molar-refractivity contribution in [2.75, 3.05) is 0 Å². The molecule has 7 rings (SSSR count). The predicted molar refractivity (Wildman–Crippen MR) is 134 cm³/mol. The van der Waals surface area contributed by atoms with Gasteiger partial charge in [-0.3, -0.25) is 0 Å². The van der Waals surface area contributed by atoms with E-state index < -0.39 is 0 Å². The molecular formula is C30H18N2. The lowest BCUT2D eigenvalue weighted by molar-refractivity contribution is 1.41. The molecule has 7 aromatic rings. The molecule has 0 atom stereocenters. The second-order valence-electron chi connectivity index (χ2n) is 8.25. The van der Waals surface area contributed by atoms with Crippen LogP contribution in [0.2, 0.25) is 0 Å². The Labute approximate surface area is 185 Å². The highest BCUT2D eigenvalue weighted by Gasteiger charge is 2.17. The molecule has 2 aromatic heterocycles. The molecule has 148 valence electrons. The Morgan fingerprint density at radius 2 is 0.812 bits per heavy atom. The van der Waals surface area contributed by atoms with E-state index >= 15 is 0 Å². The lowest BCUT2D eigenvalue weighted by Crippen LogP contribution is -1.95. The number of rotatable bonds is 2. The van der Waals surface area contributed by atoms with Crippen LogP contribution in [0.15, 0.2) is 109 Å². The van der Waals surface area contributed by atoms with Gasteiger partial charge in [0.2, 0.25) is 0 Å². The largest absolute Gasteiger partial charge is 0.247 e. The number of fused-ring (bicyclic) bond motifs is 3. The molecule has 0 saturated heterocycles. The molecule has 0 unspecified atom stereocenters. The van der Waals surface area contributed by atoms with Crippen LogP contribution in [0.4, 0.5) is 0 Å². The van der Waals surface area contributed by atoms with Crippen molar-refractivity contribution in [3.8, 4) is 22.5 Å². The summed E-state index contributed by atoms with van der Waals surface area (Å²) in [6.45, 7) is 0. The Balaban J connectivity index is 1.67. The van der Waals surface area contributed by atoms with Gasteiger partial charge in [-0.25, -0.2) is 9.97 Å². The third kappa shape index (κ3) is 2.47. The van der Waals surface area contributed by atoms with Crippen molar-refractivity contribution in [2.45, 2.75) is 0 Å². The first-order valence-corrected chi connectivity index (χ1v) is 10.9. The van der Waals surface area contributed by atoms with Crippen LogP contribution in [0.25, 0.3) is 65.9 Å². The molecule has 0 radical (unpaired) electrons. The van der Waals surface area contributed by atoms with Gasteiger partial charge >= 0.3 is 0 Å². The number of hydrogen-bond donors (Lipinski definition) is 0. The van der Waals surface area contributed by atoms with Crippen LogP contribution in [-0.4, -0.2) is 9.97 Å². The third-order valence-electron chi connectivity index (χ3n) is 6.37. The van der Waals surface area contributed by atoms with Crippen molar-refractivity contribution in [1.82, 2.24) is 9.97 Å². The monoisotopic (exact) mass is 406 g/mol. The highest BCUT2D eigenvalue weighted by atomic mass is 14.7. The van der Waals surface area contributed by atoms with Crippen molar-refractivity contribution in [3.63, 3.8) is 0 Å². The van der Waals surface area contributed by atoms with E-state index in [0.29, 0.717) is 0 Å². The Morgan fingerprint density at radius 3 is 1.25 bits per heavy atom. The molecule has 32 heavy (non-hydrogen) atoms. The van der Waals surface area contributed by atoms with Crippen LogP contribution in [0.5, 0.6) is 0 Å². The van der Waals surface area contributed by atoms with Crippen LogP contribution >= 0.6 is 0 Å². The number of hydrogen-bond acceptors (Lipinski definition) is 2. The summed E-state index contributed by atoms with van der Waals surface area (Å²) in [6.07, 6.45) is 0. The minimum Gasteiger partial charge on any atom is -0.247 e. The molecule has 2 nitrogen and oxygen atoms in total. The maximum absolute atomic E-state index is 5.18. The van der Waals surface area contributed by atoms with Crippen molar-refractivity contribution < 1.29 is 0 Å². The summed E-state index contributed by atoms with van der Waals surface area (Å²) in [5.74, 6) is 0. The maximum Gasteiger partial charge on any atom is 0.0801 e. The van der Waals surface area contributed by atoms with E-state index in [-0.39, 0.29) is 0 Å². The summed E-state index contributed by atoms with van der Waals surface area (Å²) in [5.41, 5.74) is 6.35. The number of nitrogens with zero attached hydrogens (tertiary/aromatic N) is 2. The molecule has 0 N–H and O–H groups in total. The molecule has 2 heteroatoms. The van der Waals surface area contributed by atoms with Crippen molar-refractivity contribution in [1.29, 1.82) is 0 Å². The number of benzene rings is 5. The Kier molecular flexibility index (Phi) is 3.58. The van der Waals surface area contributed by atoms with Crippen LogP contribution in [0, 0.1) is 0 Å². The molecule has 0 spiro atoms. The first-order chi connectivity index (χ1) is 15.9. The van der Waals surface area contributed by atoms with Gasteiger partial charge in [0.15, 0.2) is 0 Å². The molecule has 2 heterocycles. The van der Waals surface area contributed by atoms with Crippen molar-refractivity contribution >= 4 is 43.4 Å².